The number of carbonyl (C=O) groups is 2. The Morgan fingerprint density at radius 2 is 2.07 bits per heavy atom. The van der Waals surface area contributed by atoms with Crippen LogP contribution in [0.4, 0.5) is 5.82 Å². The molecule has 1 saturated heterocycles. The number of ether oxygens (including phenoxy) is 1. The SMILES string of the molecule is COC(NCc1ccccc1)N1C(=O)[C@H](Cc2ccnc(N)c2)C1C(=O)O. The average molecular weight is 370 g/mol. The Kier molecular flexibility index (Phi) is 5.68. The number of amides is 1. The van der Waals surface area contributed by atoms with E-state index in [1.165, 1.54) is 12.0 Å². The van der Waals surface area contributed by atoms with Gasteiger partial charge in [-0.1, -0.05) is 30.3 Å². The Balaban J connectivity index is 1.70. The third-order valence-electron chi connectivity index (χ3n) is 4.61. The molecule has 2 heterocycles. The first kappa shape index (κ1) is 18.8. The number of hydrogen-bond acceptors (Lipinski definition) is 6. The number of methoxy groups -OCH3 is 1. The number of likely N-dealkylation sites (tertiary alicyclic amines) is 1. The van der Waals surface area contributed by atoms with Crippen molar-refractivity contribution in [3.63, 3.8) is 0 Å². The molecule has 142 valence electrons. The van der Waals surface area contributed by atoms with Crippen LogP contribution >= 0.6 is 0 Å². The Labute approximate surface area is 157 Å². The Morgan fingerprint density at radius 1 is 1.33 bits per heavy atom. The Morgan fingerprint density at radius 3 is 2.70 bits per heavy atom. The van der Waals surface area contributed by atoms with E-state index < -0.39 is 24.3 Å². The van der Waals surface area contributed by atoms with E-state index in [1.807, 2.05) is 30.3 Å². The lowest BCUT2D eigenvalue weighted by molar-refractivity contribution is -0.193. The van der Waals surface area contributed by atoms with Gasteiger partial charge in [-0.15, -0.1) is 0 Å². The molecule has 4 N–H and O–H groups in total. The smallest absolute Gasteiger partial charge is 0.327 e. The van der Waals surface area contributed by atoms with Gasteiger partial charge in [0.05, 0.1) is 5.92 Å². The van der Waals surface area contributed by atoms with Crippen LogP contribution in [0.1, 0.15) is 11.1 Å². The molecule has 0 saturated carbocycles. The second-order valence-electron chi connectivity index (χ2n) is 6.38. The molecule has 3 rings (SSSR count). The quantitative estimate of drug-likeness (QED) is 0.465. The average Bonchev–Trinajstić information content (AvgIpc) is 2.66. The maximum atomic E-state index is 12.7. The van der Waals surface area contributed by atoms with Crippen molar-refractivity contribution in [3.05, 3.63) is 59.8 Å². The molecule has 2 aromatic rings. The van der Waals surface area contributed by atoms with Crippen LogP contribution < -0.4 is 11.1 Å². The van der Waals surface area contributed by atoms with Crippen molar-refractivity contribution in [2.75, 3.05) is 12.8 Å². The number of benzene rings is 1. The lowest BCUT2D eigenvalue weighted by Crippen LogP contribution is -2.70. The number of hydrogen-bond donors (Lipinski definition) is 3. The molecule has 0 bridgehead atoms. The molecule has 1 aliphatic rings. The van der Waals surface area contributed by atoms with E-state index in [0.29, 0.717) is 12.4 Å². The summed E-state index contributed by atoms with van der Waals surface area (Å²) < 4.78 is 5.35. The molecule has 1 fully saturated rings. The van der Waals surface area contributed by atoms with Gasteiger partial charge in [-0.3, -0.25) is 15.0 Å². The lowest BCUT2D eigenvalue weighted by Gasteiger charge is -2.48. The normalized spacial score (nSPS) is 20.2. The van der Waals surface area contributed by atoms with Crippen LogP contribution in [-0.4, -0.2) is 46.4 Å². The third-order valence-corrected chi connectivity index (χ3v) is 4.61. The predicted molar refractivity (Wildman–Crippen MR) is 98.2 cm³/mol. The molecule has 8 nitrogen and oxygen atoms in total. The number of β-lactam (4-membered cyclic amide) rings is 1. The topological polar surface area (TPSA) is 118 Å². The fourth-order valence-electron chi connectivity index (χ4n) is 3.30. The fourth-order valence-corrected chi connectivity index (χ4v) is 3.30. The number of anilines is 1. The van der Waals surface area contributed by atoms with E-state index in [4.69, 9.17) is 10.5 Å². The number of pyridine rings is 1. The molecule has 1 aromatic carbocycles. The highest BCUT2D eigenvalue weighted by Crippen LogP contribution is 2.32. The zero-order valence-corrected chi connectivity index (χ0v) is 14.9. The van der Waals surface area contributed by atoms with Gasteiger partial charge in [0, 0.05) is 19.9 Å². The van der Waals surface area contributed by atoms with Gasteiger partial charge < -0.3 is 15.6 Å². The van der Waals surface area contributed by atoms with Crippen molar-refractivity contribution in [2.24, 2.45) is 5.92 Å². The third kappa shape index (κ3) is 4.07. The molecule has 3 atom stereocenters. The fraction of sp³-hybridized carbons (Fsp3) is 0.316. The summed E-state index contributed by atoms with van der Waals surface area (Å²) in [5, 5.41) is 12.7. The van der Waals surface area contributed by atoms with Crippen LogP contribution in [0.2, 0.25) is 0 Å². The summed E-state index contributed by atoms with van der Waals surface area (Å²) in [5.74, 6) is -1.67. The molecule has 1 aliphatic heterocycles. The number of aromatic nitrogens is 1. The number of carbonyl (C=O) groups excluding carboxylic acids is 1. The van der Waals surface area contributed by atoms with Crippen molar-refractivity contribution in [1.29, 1.82) is 0 Å². The van der Waals surface area contributed by atoms with Crippen LogP contribution in [0.5, 0.6) is 0 Å². The largest absolute Gasteiger partial charge is 0.480 e. The number of aliphatic carboxylic acids is 1. The molecular weight excluding hydrogens is 348 g/mol. The number of nitrogen functional groups attached to an aromatic ring is 1. The number of carboxylic acids is 1. The second kappa shape index (κ2) is 8.15. The van der Waals surface area contributed by atoms with Gasteiger partial charge in [-0.25, -0.2) is 9.78 Å². The molecule has 27 heavy (non-hydrogen) atoms. The molecule has 8 heteroatoms. The van der Waals surface area contributed by atoms with Gasteiger partial charge in [-0.05, 0) is 29.7 Å². The first-order valence-corrected chi connectivity index (χ1v) is 8.56. The van der Waals surface area contributed by atoms with E-state index in [1.54, 1.807) is 18.3 Å². The van der Waals surface area contributed by atoms with Crippen LogP contribution in [0.15, 0.2) is 48.7 Å². The Hall–Kier alpha value is -2.97. The summed E-state index contributed by atoms with van der Waals surface area (Å²) in [6.07, 6.45) is 1.01. The highest BCUT2D eigenvalue weighted by molar-refractivity contribution is 5.96. The minimum atomic E-state index is -1.06. The van der Waals surface area contributed by atoms with Gasteiger partial charge in [0.25, 0.3) is 0 Å². The van der Waals surface area contributed by atoms with E-state index in [2.05, 4.69) is 10.3 Å². The van der Waals surface area contributed by atoms with Crippen LogP contribution in [0.25, 0.3) is 0 Å². The van der Waals surface area contributed by atoms with Crippen molar-refractivity contribution < 1.29 is 19.4 Å². The van der Waals surface area contributed by atoms with Crippen LogP contribution in [0, 0.1) is 5.92 Å². The van der Waals surface area contributed by atoms with Crippen LogP contribution in [0.3, 0.4) is 0 Å². The predicted octanol–water partition coefficient (Wildman–Crippen LogP) is 0.838. The van der Waals surface area contributed by atoms with Gasteiger partial charge in [0.15, 0.2) is 6.35 Å². The first-order chi connectivity index (χ1) is 13.0. The molecule has 0 aliphatic carbocycles. The zero-order chi connectivity index (χ0) is 19.4. The van der Waals surface area contributed by atoms with Crippen molar-refractivity contribution in [3.8, 4) is 0 Å². The molecule has 0 radical (unpaired) electrons. The number of carboxylic acid groups (broad SMARTS) is 1. The van der Waals surface area contributed by atoms with Crippen LogP contribution in [-0.2, 0) is 27.3 Å². The minimum Gasteiger partial charge on any atom is -0.480 e. The number of nitrogens with two attached hydrogens (primary N) is 1. The van der Waals surface area contributed by atoms with Gasteiger partial charge in [0.2, 0.25) is 5.91 Å². The standard InChI is InChI=1S/C19H22N4O4/c1-27-19(22-11-12-5-3-2-4-6-12)23-16(18(25)26)14(17(23)24)9-13-7-8-21-15(20)10-13/h2-8,10,14,16,19,22H,9,11H2,1H3,(H2,20,21)(H,25,26)/t14-,16?,19?/m1/s1. The number of nitrogens with zero attached hydrogens (tertiary/aromatic N) is 2. The van der Waals surface area contributed by atoms with E-state index in [9.17, 15) is 14.7 Å². The highest BCUT2D eigenvalue weighted by atomic mass is 16.5. The maximum Gasteiger partial charge on any atom is 0.327 e. The summed E-state index contributed by atoms with van der Waals surface area (Å²) in [7, 11) is 1.44. The molecule has 2 unspecified atom stereocenters. The molecule has 1 aromatic heterocycles. The molecule has 1 amide bonds. The summed E-state index contributed by atoms with van der Waals surface area (Å²) >= 11 is 0. The van der Waals surface area contributed by atoms with E-state index in [-0.39, 0.29) is 12.3 Å². The summed E-state index contributed by atoms with van der Waals surface area (Å²) in [6.45, 7) is 0.445. The van der Waals surface area contributed by atoms with Crippen molar-refractivity contribution in [2.45, 2.75) is 25.4 Å². The van der Waals surface area contributed by atoms with Gasteiger partial charge >= 0.3 is 5.97 Å². The Bertz CT molecular complexity index is 814. The minimum absolute atomic E-state index is 0.273. The first-order valence-electron chi connectivity index (χ1n) is 8.56. The van der Waals surface area contributed by atoms with Gasteiger partial charge in [-0.2, -0.15) is 0 Å². The monoisotopic (exact) mass is 370 g/mol. The van der Waals surface area contributed by atoms with E-state index in [0.717, 1.165) is 11.1 Å². The second-order valence-corrected chi connectivity index (χ2v) is 6.38. The van der Waals surface area contributed by atoms with Crippen molar-refractivity contribution >= 4 is 17.7 Å². The van der Waals surface area contributed by atoms with Crippen molar-refractivity contribution in [1.82, 2.24) is 15.2 Å². The number of rotatable bonds is 8. The lowest BCUT2D eigenvalue weighted by atomic mass is 9.82. The van der Waals surface area contributed by atoms with E-state index >= 15 is 0 Å². The summed E-state index contributed by atoms with van der Waals surface area (Å²) in [6, 6.07) is 12.0. The van der Waals surface area contributed by atoms with Gasteiger partial charge in [0.1, 0.15) is 11.9 Å². The maximum absolute atomic E-state index is 12.7. The summed E-state index contributed by atoms with van der Waals surface area (Å²) in [5.41, 5.74) is 7.44. The zero-order valence-electron chi connectivity index (χ0n) is 14.9. The summed E-state index contributed by atoms with van der Waals surface area (Å²) in [4.78, 5) is 29.6. The molecular formula is C19H22N4O4. The molecule has 0 spiro atoms. The highest BCUT2D eigenvalue weighted by Gasteiger charge is 2.54. The number of nitrogens with one attached hydrogen (secondary N) is 1.